The highest BCUT2D eigenvalue weighted by Gasteiger charge is 2.10. The number of amides is 1. The maximum absolute atomic E-state index is 11.3. The van der Waals surface area contributed by atoms with Crippen LogP contribution < -0.4 is 10.6 Å². The van der Waals surface area contributed by atoms with Crippen molar-refractivity contribution in [2.45, 2.75) is 13.0 Å². The maximum Gasteiger partial charge on any atom is 0.271 e. The second kappa shape index (κ2) is 5.47. The van der Waals surface area contributed by atoms with Gasteiger partial charge in [-0.05, 0) is 19.1 Å². The van der Waals surface area contributed by atoms with E-state index in [0.717, 1.165) is 5.56 Å². The molecule has 0 aliphatic rings. The predicted molar refractivity (Wildman–Crippen MR) is 70.7 cm³/mol. The molecule has 0 saturated heterocycles. The van der Waals surface area contributed by atoms with Crippen molar-refractivity contribution < 1.29 is 4.79 Å². The Balaban J connectivity index is 2.05. The second-order valence-corrected chi connectivity index (χ2v) is 4.20. The molecule has 2 aromatic rings. The Morgan fingerprint density at radius 3 is 2.68 bits per heavy atom. The fourth-order valence-electron chi connectivity index (χ4n) is 1.63. The van der Waals surface area contributed by atoms with E-state index in [0.29, 0.717) is 11.5 Å². The molecule has 0 fully saturated rings. The fraction of sp³-hybridized carbons (Fsp3) is 0.333. The maximum atomic E-state index is 11.3. The first-order valence-electron chi connectivity index (χ1n) is 5.91. The van der Waals surface area contributed by atoms with Crippen LogP contribution >= 0.6 is 0 Å². The zero-order valence-corrected chi connectivity index (χ0v) is 11.1. The predicted octanol–water partition coefficient (Wildman–Crippen LogP) is 0.743. The molecule has 0 bridgehead atoms. The number of carbonyl (C=O) groups is 1. The van der Waals surface area contributed by atoms with Crippen LogP contribution in [0.2, 0.25) is 0 Å². The van der Waals surface area contributed by atoms with Gasteiger partial charge in [0.25, 0.3) is 5.91 Å². The number of anilines is 1. The minimum atomic E-state index is -0.251. The molecule has 100 valence electrons. The molecule has 2 rings (SSSR count). The zero-order valence-electron chi connectivity index (χ0n) is 11.1. The van der Waals surface area contributed by atoms with Gasteiger partial charge in [0, 0.05) is 25.9 Å². The SMILES string of the molecule is CNC(=O)c1ccc(NC(C)c2cnn(C)c2)nn1. The first kappa shape index (κ1) is 13.0. The lowest BCUT2D eigenvalue weighted by Crippen LogP contribution is -2.20. The Bertz CT molecular complexity index is 562. The summed E-state index contributed by atoms with van der Waals surface area (Å²) in [4.78, 5) is 11.3. The summed E-state index contributed by atoms with van der Waals surface area (Å²) in [6.07, 6.45) is 3.73. The van der Waals surface area contributed by atoms with Gasteiger partial charge in [-0.25, -0.2) is 0 Å². The number of aryl methyl sites for hydroxylation is 1. The van der Waals surface area contributed by atoms with E-state index in [9.17, 15) is 4.79 Å². The summed E-state index contributed by atoms with van der Waals surface area (Å²) in [6, 6.07) is 3.42. The lowest BCUT2D eigenvalue weighted by atomic mass is 10.2. The van der Waals surface area contributed by atoms with Gasteiger partial charge in [0.1, 0.15) is 5.82 Å². The standard InChI is InChI=1S/C12H16N6O/c1-8(9-6-14-18(3)7-9)15-11-5-4-10(16-17-11)12(19)13-2/h4-8H,1-3H3,(H,13,19)(H,15,17). The third-order valence-electron chi connectivity index (χ3n) is 2.71. The van der Waals surface area contributed by atoms with Gasteiger partial charge in [0.15, 0.2) is 5.69 Å². The van der Waals surface area contributed by atoms with Gasteiger partial charge >= 0.3 is 0 Å². The highest BCUT2D eigenvalue weighted by molar-refractivity contribution is 5.91. The fourth-order valence-corrected chi connectivity index (χ4v) is 1.63. The molecule has 0 aliphatic carbocycles. The summed E-state index contributed by atoms with van der Waals surface area (Å²) < 4.78 is 1.74. The highest BCUT2D eigenvalue weighted by atomic mass is 16.1. The smallest absolute Gasteiger partial charge is 0.271 e. The average molecular weight is 260 g/mol. The largest absolute Gasteiger partial charge is 0.362 e. The minimum absolute atomic E-state index is 0.0638. The zero-order chi connectivity index (χ0) is 13.8. The molecule has 2 aromatic heterocycles. The minimum Gasteiger partial charge on any atom is -0.362 e. The first-order chi connectivity index (χ1) is 9.10. The third kappa shape index (κ3) is 3.06. The molecule has 0 radical (unpaired) electrons. The van der Waals surface area contributed by atoms with Crippen molar-refractivity contribution in [3.63, 3.8) is 0 Å². The molecule has 0 saturated carbocycles. The molecular weight excluding hydrogens is 244 g/mol. The van der Waals surface area contributed by atoms with Gasteiger partial charge in [-0.2, -0.15) is 5.10 Å². The molecule has 1 amide bonds. The van der Waals surface area contributed by atoms with E-state index in [2.05, 4.69) is 25.9 Å². The van der Waals surface area contributed by atoms with Crippen LogP contribution in [0.5, 0.6) is 0 Å². The van der Waals surface area contributed by atoms with Crippen LogP contribution in [0, 0.1) is 0 Å². The Labute approximate surface area is 111 Å². The lowest BCUT2D eigenvalue weighted by Gasteiger charge is -2.12. The van der Waals surface area contributed by atoms with Crippen molar-refractivity contribution in [3.05, 3.63) is 35.8 Å². The van der Waals surface area contributed by atoms with Crippen molar-refractivity contribution in [2.24, 2.45) is 7.05 Å². The van der Waals surface area contributed by atoms with E-state index in [4.69, 9.17) is 0 Å². The molecule has 2 heterocycles. The first-order valence-corrected chi connectivity index (χ1v) is 5.91. The van der Waals surface area contributed by atoms with Crippen molar-refractivity contribution in [1.82, 2.24) is 25.3 Å². The van der Waals surface area contributed by atoms with Crippen molar-refractivity contribution >= 4 is 11.7 Å². The van der Waals surface area contributed by atoms with E-state index in [-0.39, 0.29) is 11.9 Å². The molecular formula is C12H16N6O. The summed E-state index contributed by atoms with van der Waals surface area (Å²) in [7, 11) is 3.43. The Morgan fingerprint density at radius 2 is 2.16 bits per heavy atom. The Morgan fingerprint density at radius 1 is 1.37 bits per heavy atom. The molecule has 0 spiro atoms. The van der Waals surface area contributed by atoms with Gasteiger partial charge in [-0.3, -0.25) is 9.48 Å². The van der Waals surface area contributed by atoms with Crippen molar-refractivity contribution in [1.29, 1.82) is 0 Å². The van der Waals surface area contributed by atoms with E-state index in [1.165, 1.54) is 0 Å². The lowest BCUT2D eigenvalue weighted by molar-refractivity contribution is 0.0957. The Hall–Kier alpha value is -2.44. The van der Waals surface area contributed by atoms with E-state index in [1.807, 2.05) is 20.2 Å². The summed E-state index contributed by atoms with van der Waals surface area (Å²) in [5.41, 5.74) is 1.35. The topological polar surface area (TPSA) is 84.7 Å². The number of hydrogen-bond acceptors (Lipinski definition) is 5. The van der Waals surface area contributed by atoms with Gasteiger partial charge in [0.2, 0.25) is 0 Å². The van der Waals surface area contributed by atoms with Gasteiger partial charge in [-0.1, -0.05) is 0 Å². The highest BCUT2D eigenvalue weighted by Crippen LogP contribution is 2.16. The number of nitrogens with one attached hydrogen (secondary N) is 2. The van der Waals surface area contributed by atoms with Crippen molar-refractivity contribution in [2.75, 3.05) is 12.4 Å². The molecule has 0 aromatic carbocycles. The van der Waals surface area contributed by atoms with Gasteiger partial charge in [0.05, 0.1) is 12.2 Å². The van der Waals surface area contributed by atoms with Crippen LogP contribution in [0.4, 0.5) is 5.82 Å². The van der Waals surface area contributed by atoms with Crippen LogP contribution in [-0.2, 0) is 7.05 Å². The Kier molecular flexibility index (Phi) is 3.74. The molecule has 7 nitrogen and oxygen atoms in total. The molecule has 1 atom stereocenters. The summed E-state index contributed by atoms with van der Waals surface area (Å²) in [5, 5.41) is 17.6. The molecule has 1 unspecified atom stereocenters. The van der Waals surface area contributed by atoms with Crippen LogP contribution in [0.15, 0.2) is 24.5 Å². The van der Waals surface area contributed by atoms with Gasteiger partial charge in [-0.15, -0.1) is 10.2 Å². The molecule has 7 heteroatoms. The number of carbonyl (C=O) groups excluding carboxylic acids is 1. The van der Waals surface area contributed by atoms with E-state index >= 15 is 0 Å². The van der Waals surface area contributed by atoms with Crippen LogP contribution in [0.25, 0.3) is 0 Å². The third-order valence-corrected chi connectivity index (χ3v) is 2.71. The van der Waals surface area contributed by atoms with Crippen LogP contribution in [0.3, 0.4) is 0 Å². The number of hydrogen-bond donors (Lipinski definition) is 2. The molecule has 0 aliphatic heterocycles. The second-order valence-electron chi connectivity index (χ2n) is 4.20. The van der Waals surface area contributed by atoms with Crippen molar-refractivity contribution in [3.8, 4) is 0 Å². The van der Waals surface area contributed by atoms with Crippen LogP contribution in [0.1, 0.15) is 29.0 Å². The summed E-state index contributed by atoms with van der Waals surface area (Å²) in [6.45, 7) is 2.01. The summed E-state index contributed by atoms with van der Waals surface area (Å²) in [5.74, 6) is 0.364. The normalized spacial score (nSPS) is 11.9. The monoisotopic (exact) mass is 260 g/mol. The van der Waals surface area contributed by atoms with Crippen LogP contribution in [-0.4, -0.2) is 32.9 Å². The van der Waals surface area contributed by atoms with E-state index < -0.39 is 0 Å². The van der Waals surface area contributed by atoms with E-state index in [1.54, 1.807) is 30.1 Å². The number of aromatic nitrogens is 4. The molecule has 2 N–H and O–H groups in total. The number of rotatable bonds is 4. The quantitative estimate of drug-likeness (QED) is 0.847. The summed E-state index contributed by atoms with van der Waals surface area (Å²) >= 11 is 0. The average Bonchev–Trinajstić information content (AvgIpc) is 2.85. The number of nitrogens with zero attached hydrogens (tertiary/aromatic N) is 4. The molecule has 19 heavy (non-hydrogen) atoms. The van der Waals surface area contributed by atoms with Gasteiger partial charge < -0.3 is 10.6 Å².